The molecule has 0 spiro atoms. The first-order valence-electron chi connectivity index (χ1n) is 20.3. The van der Waals surface area contributed by atoms with Crippen LogP contribution in [0.5, 0.6) is 0 Å². The summed E-state index contributed by atoms with van der Waals surface area (Å²) in [5, 5.41) is 2.60. The first kappa shape index (κ1) is 24.9. The number of nitrogens with zero attached hydrogens (tertiary/aromatic N) is 3. The maximum absolute atomic E-state index is 9.74. The molecule has 53 heavy (non-hydrogen) atoms. The quantitative estimate of drug-likeness (QED) is 0.175. The lowest BCUT2D eigenvalue weighted by atomic mass is 9.97. The van der Waals surface area contributed by atoms with Crippen LogP contribution >= 0.6 is 0 Å². The van der Waals surface area contributed by atoms with E-state index in [0.29, 0.717) is 28.3 Å². The van der Waals surface area contributed by atoms with Crippen molar-refractivity contribution in [3.8, 4) is 67.5 Å². The summed E-state index contributed by atoms with van der Waals surface area (Å²) in [7, 11) is 0. The van der Waals surface area contributed by atoms with Gasteiger partial charge in [-0.05, 0) is 74.4 Å². The Bertz CT molecular complexity index is 3280. The van der Waals surface area contributed by atoms with Crippen molar-refractivity contribution in [1.82, 2.24) is 15.0 Å². The Balaban J connectivity index is 1.18. The van der Waals surface area contributed by atoms with Crippen molar-refractivity contribution in [2.75, 3.05) is 0 Å². The second kappa shape index (κ2) is 12.9. The lowest BCUT2D eigenvalue weighted by Gasteiger charge is -2.12. The third kappa shape index (κ3) is 5.73. The van der Waals surface area contributed by atoms with Gasteiger partial charge in [0.2, 0.25) is 0 Å². The fraction of sp³-hybridized carbons (Fsp3) is 0. The predicted molar refractivity (Wildman–Crippen MR) is 217 cm³/mol. The van der Waals surface area contributed by atoms with Gasteiger partial charge in [-0.15, -0.1) is 0 Å². The summed E-state index contributed by atoms with van der Waals surface area (Å²) >= 11 is 0. The van der Waals surface area contributed by atoms with Crippen LogP contribution in [0.4, 0.5) is 0 Å². The van der Waals surface area contributed by atoms with Gasteiger partial charge in [-0.3, -0.25) is 0 Å². The highest BCUT2D eigenvalue weighted by Crippen LogP contribution is 2.40. The molecule has 0 N–H and O–H groups in total. The smallest absolute Gasteiger partial charge is 0.164 e. The fourth-order valence-corrected chi connectivity index (χ4v) is 6.79. The number of hydrogen-bond donors (Lipinski definition) is 0. The van der Waals surface area contributed by atoms with E-state index >= 15 is 0 Å². The minimum absolute atomic E-state index is 0.00853. The second-order valence-corrected chi connectivity index (χ2v) is 12.8. The highest BCUT2D eigenvalue weighted by Gasteiger charge is 2.20. The lowest BCUT2D eigenvalue weighted by molar-refractivity contribution is 0.669. The summed E-state index contributed by atoms with van der Waals surface area (Å²) in [5.41, 5.74) is 6.49. The number of benzene rings is 8. The number of fused-ring (bicyclic) bond motifs is 4. The van der Waals surface area contributed by atoms with E-state index in [9.17, 15) is 2.74 Å². The maximum atomic E-state index is 9.74. The Hall–Kier alpha value is -7.17. The summed E-state index contributed by atoms with van der Waals surface area (Å²) in [4.78, 5) is 14.9. The zero-order chi connectivity index (χ0) is 40.4. The minimum Gasteiger partial charge on any atom is -0.456 e. The van der Waals surface area contributed by atoms with Crippen LogP contribution in [0, 0.1) is 0 Å². The van der Waals surface area contributed by atoms with E-state index in [2.05, 4.69) is 54.6 Å². The van der Waals surface area contributed by atoms with Gasteiger partial charge in [0.05, 0.1) is 8.22 Å². The molecule has 10 rings (SSSR count). The van der Waals surface area contributed by atoms with Crippen LogP contribution in [-0.2, 0) is 0 Å². The van der Waals surface area contributed by atoms with Crippen LogP contribution in [-0.4, -0.2) is 15.0 Å². The highest BCUT2D eigenvalue weighted by molar-refractivity contribution is 6.13. The standard InChI is InChI=1S/C49H31N3O/c1-3-12-32(13-4-1)41-30-43(46-42-20-9-10-21-44(42)53-45(46)31-41)49-51-47(36-15-5-2-6-16-36)50-48(52-49)40-19-11-18-38(29-40)34-22-24-35(25-23-34)39-27-26-33-14-7-8-17-37(33)28-39/h1-31H/i9D,10D,20D,21D,30D,31D. The first-order valence-corrected chi connectivity index (χ1v) is 17.3. The van der Waals surface area contributed by atoms with Crippen molar-refractivity contribution in [1.29, 1.82) is 0 Å². The molecule has 0 atom stereocenters. The molecule has 10 aromatic rings. The van der Waals surface area contributed by atoms with Crippen LogP contribution in [0.25, 0.3) is 100 Å². The molecule has 0 bridgehead atoms. The van der Waals surface area contributed by atoms with Gasteiger partial charge < -0.3 is 4.42 Å². The Kier molecular flexibility index (Phi) is 6.04. The van der Waals surface area contributed by atoms with Crippen LogP contribution in [0.2, 0.25) is 0 Å². The molecular weight excluding hydrogens is 647 g/mol. The van der Waals surface area contributed by atoms with E-state index in [1.165, 1.54) is 10.8 Å². The number of rotatable bonds is 6. The summed E-state index contributed by atoms with van der Waals surface area (Å²) < 4.78 is 59.9. The number of aromatic nitrogens is 3. The Morgan fingerprint density at radius 2 is 0.962 bits per heavy atom. The topological polar surface area (TPSA) is 51.8 Å². The zero-order valence-corrected chi connectivity index (χ0v) is 28.2. The third-order valence-electron chi connectivity index (χ3n) is 9.45. The van der Waals surface area contributed by atoms with Crippen molar-refractivity contribution in [2.45, 2.75) is 0 Å². The van der Waals surface area contributed by atoms with Crippen molar-refractivity contribution < 1.29 is 12.6 Å². The van der Waals surface area contributed by atoms with Gasteiger partial charge in [-0.2, -0.15) is 0 Å². The summed E-state index contributed by atoms with van der Waals surface area (Å²) in [6, 6.07) is 47.8. The lowest BCUT2D eigenvalue weighted by Crippen LogP contribution is -2.01. The fourth-order valence-electron chi connectivity index (χ4n) is 6.79. The SMILES string of the molecule is [2H]c1c([2H])c([2H])c2c(oc3c([2H])c(-c4ccccc4)c([2H])c(-c4nc(-c5ccccc5)nc(-c5cccc(-c6ccc(-c7ccc8ccccc8c7)cc6)c5)n4)c32)c1[2H]. The first-order chi connectivity index (χ1) is 28.7. The van der Waals surface area contributed by atoms with Gasteiger partial charge in [0.1, 0.15) is 11.2 Å². The van der Waals surface area contributed by atoms with Gasteiger partial charge >= 0.3 is 0 Å². The van der Waals surface area contributed by atoms with Crippen molar-refractivity contribution in [2.24, 2.45) is 0 Å². The summed E-state index contributed by atoms with van der Waals surface area (Å²) in [5.74, 6) is 0.775. The Morgan fingerprint density at radius 3 is 1.74 bits per heavy atom. The normalized spacial score (nSPS) is 13.0. The molecule has 0 saturated heterocycles. The van der Waals surface area contributed by atoms with Gasteiger partial charge in [-0.1, -0.05) is 158 Å². The molecule has 0 aliphatic carbocycles. The maximum Gasteiger partial charge on any atom is 0.164 e. The molecule has 0 saturated carbocycles. The van der Waals surface area contributed by atoms with Crippen LogP contribution < -0.4 is 0 Å². The molecule has 0 unspecified atom stereocenters. The molecule has 0 amide bonds. The minimum atomic E-state index is -0.457. The van der Waals surface area contributed by atoms with Gasteiger partial charge in [0, 0.05) is 27.5 Å². The molecule has 4 heteroatoms. The number of furan rings is 1. The number of hydrogen-bond acceptors (Lipinski definition) is 4. The summed E-state index contributed by atoms with van der Waals surface area (Å²) in [6.07, 6.45) is 0. The van der Waals surface area contributed by atoms with Crippen molar-refractivity contribution in [3.05, 3.63) is 188 Å². The van der Waals surface area contributed by atoms with E-state index in [1.54, 1.807) is 12.1 Å². The average Bonchev–Trinajstić information content (AvgIpc) is 3.69. The monoisotopic (exact) mass is 683 g/mol. The Morgan fingerprint density at radius 1 is 0.396 bits per heavy atom. The predicted octanol–water partition coefficient (Wildman–Crippen LogP) is 12.9. The van der Waals surface area contributed by atoms with Gasteiger partial charge in [-0.25, -0.2) is 15.0 Å². The van der Waals surface area contributed by atoms with E-state index in [1.807, 2.05) is 84.9 Å². The van der Waals surface area contributed by atoms with E-state index < -0.39 is 12.1 Å². The molecule has 248 valence electrons. The van der Waals surface area contributed by atoms with E-state index in [4.69, 9.17) is 24.9 Å². The van der Waals surface area contributed by atoms with Crippen LogP contribution in [0.1, 0.15) is 8.22 Å². The zero-order valence-electron chi connectivity index (χ0n) is 34.2. The molecule has 8 aromatic carbocycles. The van der Waals surface area contributed by atoms with Crippen LogP contribution in [0.3, 0.4) is 0 Å². The second-order valence-electron chi connectivity index (χ2n) is 12.8. The van der Waals surface area contributed by atoms with Crippen molar-refractivity contribution in [3.63, 3.8) is 0 Å². The number of para-hydroxylation sites is 1. The average molecular weight is 684 g/mol. The third-order valence-corrected chi connectivity index (χ3v) is 9.45. The molecular formula is C49H31N3O. The van der Waals surface area contributed by atoms with E-state index in [0.717, 1.165) is 22.3 Å². The van der Waals surface area contributed by atoms with Crippen LogP contribution in [0.15, 0.2) is 192 Å². The molecule has 0 aliphatic heterocycles. The molecule has 4 nitrogen and oxygen atoms in total. The molecule has 0 radical (unpaired) electrons. The van der Waals surface area contributed by atoms with Gasteiger partial charge in [0.15, 0.2) is 17.5 Å². The largest absolute Gasteiger partial charge is 0.456 e. The van der Waals surface area contributed by atoms with Gasteiger partial charge in [0.25, 0.3) is 0 Å². The molecule has 0 aliphatic rings. The Labute approximate surface area is 315 Å². The van der Waals surface area contributed by atoms with E-state index in [-0.39, 0.29) is 63.1 Å². The summed E-state index contributed by atoms with van der Waals surface area (Å²) in [6.45, 7) is 0. The molecule has 2 aromatic heterocycles. The van der Waals surface area contributed by atoms with Crippen molar-refractivity contribution >= 4 is 32.7 Å². The highest BCUT2D eigenvalue weighted by atomic mass is 16.3. The molecule has 2 heterocycles. The molecule has 0 fully saturated rings.